The Morgan fingerprint density at radius 2 is 2.00 bits per heavy atom. The Morgan fingerprint density at radius 1 is 1.06 bits per heavy atom. The molecule has 0 saturated heterocycles. The molecule has 1 unspecified atom stereocenters. The minimum Gasteiger partial charge on any atom is -0.394 e. The summed E-state index contributed by atoms with van der Waals surface area (Å²) in [6, 6.07) is 19.2. The first-order valence-corrected chi connectivity index (χ1v) is 12.0. The van der Waals surface area contributed by atoms with Crippen molar-refractivity contribution in [3.05, 3.63) is 72.7 Å². The van der Waals surface area contributed by atoms with Gasteiger partial charge in [0.05, 0.1) is 33.1 Å². The molecule has 0 aliphatic carbocycles. The van der Waals surface area contributed by atoms with Gasteiger partial charge >= 0.3 is 22.9 Å². The quantitative estimate of drug-likeness (QED) is 0.255. The van der Waals surface area contributed by atoms with Crippen LogP contribution in [0.1, 0.15) is 5.69 Å². The van der Waals surface area contributed by atoms with Crippen LogP contribution < -0.4 is 18.9 Å². The molecule has 9 heteroatoms. The molecule has 8 nitrogen and oxygen atoms in total. The second kappa shape index (κ2) is 4.84. The molecule has 4 aromatic heterocycles. The van der Waals surface area contributed by atoms with E-state index < -0.39 is 0 Å². The Labute approximate surface area is 196 Å². The van der Waals surface area contributed by atoms with Gasteiger partial charge < -0.3 is 4.74 Å². The zero-order valence-electron chi connectivity index (χ0n) is 17.8. The van der Waals surface area contributed by atoms with Crippen molar-refractivity contribution in [2.45, 2.75) is 16.7 Å². The van der Waals surface area contributed by atoms with Crippen molar-refractivity contribution < 1.29 is 14.1 Å². The molecular weight excluding hydrogens is 446 g/mol. The van der Waals surface area contributed by atoms with Crippen molar-refractivity contribution in [3.63, 3.8) is 0 Å². The molecule has 4 aliphatic rings. The summed E-state index contributed by atoms with van der Waals surface area (Å²) in [6.45, 7) is 2.05. The van der Waals surface area contributed by atoms with Crippen molar-refractivity contribution in [1.29, 1.82) is 0 Å². The summed E-state index contributed by atoms with van der Waals surface area (Å²) in [4.78, 5) is 9.67. The van der Waals surface area contributed by atoms with E-state index in [1.165, 1.54) is 15.3 Å². The number of aryl methyl sites for hydroxylation is 1. The zero-order valence-corrected chi connectivity index (χ0v) is 18.6. The molecule has 8 heterocycles. The normalized spacial score (nSPS) is 19.0. The first-order chi connectivity index (χ1) is 16.8. The number of pyridine rings is 1. The highest BCUT2D eigenvalue weighted by Crippen LogP contribution is 2.56. The van der Waals surface area contributed by atoms with E-state index in [-0.39, 0.29) is 4.81 Å². The highest BCUT2D eigenvalue weighted by Gasteiger charge is 2.71. The summed E-state index contributed by atoms with van der Waals surface area (Å²) in [5.41, 5.74) is 8.52. The molecule has 1 atom stereocenters. The van der Waals surface area contributed by atoms with Gasteiger partial charge in [-0.15, -0.1) is 5.10 Å². The Morgan fingerprint density at radius 3 is 2.97 bits per heavy atom. The van der Waals surface area contributed by atoms with Crippen LogP contribution in [0.15, 0.2) is 76.8 Å². The highest BCUT2D eigenvalue weighted by atomic mass is 32.2. The van der Waals surface area contributed by atoms with Gasteiger partial charge in [0.15, 0.2) is 17.2 Å². The van der Waals surface area contributed by atoms with Crippen LogP contribution in [0.5, 0.6) is 11.6 Å². The molecule has 34 heavy (non-hydrogen) atoms. The monoisotopic (exact) mass is 460 g/mol. The van der Waals surface area contributed by atoms with Crippen LogP contribution in [0.25, 0.3) is 39.1 Å². The van der Waals surface area contributed by atoms with E-state index in [0.717, 1.165) is 56.6 Å². The fourth-order valence-electron chi connectivity index (χ4n) is 6.32. The number of para-hydroxylation sites is 1. The maximum absolute atomic E-state index is 6.57. The molecule has 4 aliphatic heterocycles. The number of rotatable bonds is 0. The Bertz CT molecular complexity index is 2000. The lowest BCUT2D eigenvalue weighted by Gasteiger charge is -2.31. The number of aromatic nitrogens is 6. The van der Waals surface area contributed by atoms with Gasteiger partial charge in [-0.2, -0.15) is 4.57 Å². The molecule has 10 rings (SSSR count). The number of hydrogen-bond acceptors (Lipinski definition) is 4. The molecular formula is C25H14N7OS+3. The first-order valence-electron chi connectivity index (χ1n) is 11.2. The molecule has 158 valence electrons. The maximum atomic E-state index is 6.57. The second-order valence-corrected chi connectivity index (χ2v) is 10.2. The summed E-state index contributed by atoms with van der Waals surface area (Å²) in [7, 11) is 0. The van der Waals surface area contributed by atoms with E-state index in [1.807, 2.05) is 24.0 Å². The summed E-state index contributed by atoms with van der Waals surface area (Å²) in [6.07, 6.45) is 3.97. The topological polar surface area (TPSA) is 52.6 Å². The Kier molecular flexibility index (Phi) is 2.34. The number of nitrogens with zero attached hydrogens (tertiary/aromatic N) is 7. The van der Waals surface area contributed by atoms with E-state index in [4.69, 9.17) is 14.8 Å². The molecule has 1 spiro atoms. The number of fused-ring (bicyclic) bond motifs is 3. The third-order valence-electron chi connectivity index (χ3n) is 7.41. The fraction of sp³-hybridized carbons (Fsp3) is 0.0400. The van der Waals surface area contributed by atoms with Crippen molar-refractivity contribution in [1.82, 2.24) is 24.3 Å². The van der Waals surface area contributed by atoms with Crippen molar-refractivity contribution in [3.8, 4) is 28.7 Å². The van der Waals surface area contributed by atoms with Gasteiger partial charge in [-0.3, -0.25) is 0 Å². The van der Waals surface area contributed by atoms with Crippen molar-refractivity contribution in [2.75, 3.05) is 0 Å². The predicted octanol–water partition coefficient (Wildman–Crippen LogP) is 3.82. The SMILES string of the molecule is Cc1cc2n(n1)[N+]13c4c(ccc5c4-n4c6c(cccc6c6ncc[n+]1c64)S5)Oc1cccc-2[n+]13. The van der Waals surface area contributed by atoms with Crippen LogP contribution in [0, 0.1) is 6.92 Å². The molecule has 0 amide bonds. The predicted molar refractivity (Wildman–Crippen MR) is 124 cm³/mol. The number of benzene rings is 2. The average molecular weight is 461 g/mol. The largest absolute Gasteiger partial charge is 0.438 e. The highest BCUT2D eigenvalue weighted by molar-refractivity contribution is 7.99. The van der Waals surface area contributed by atoms with Gasteiger partial charge in [-0.1, -0.05) is 17.8 Å². The molecule has 2 aromatic carbocycles. The van der Waals surface area contributed by atoms with E-state index in [9.17, 15) is 0 Å². The first kappa shape index (κ1) is 16.4. The molecule has 6 aromatic rings. The van der Waals surface area contributed by atoms with Crippen LogP contribution >= 0.6 is 11.8 Å². The lowest BCUT2D eigenvalue weighted by atomic mass is 10.2. The molecule has 0 N–H and O–H groups in total. The Hall–Kier alpha value is -4.21. The Balaban J connectivity index is 1.59. The minimum absolute atomic E-state index is 0.221. The fourth-order valence-corrected chi connectivity index (χ4v) is 7.42. The number of hydrogen-bond donors (Lipinski definition) is 0. The van der Waals surface area contributed by atoms with E-state index in [0.29, 0.717) is 0 Å². The van der Waals surface area contributed by atoms with Gasteiger partial charge in [0.1, 0.15) is 4.68 Å². The lowest BCUT2D eigenvalue weighted by molar-refractivity contribution is -1.05. The summed E-state index contributed by atoms with van der Waals surface area (Å²) in [5.74, 6) is 1.61. The lowest BCUT2D eigenvalue weighted by Crippen LogP contribution is -2.88. The second-order valence-electron chi connectivity index (χ2n) is 9.08. The van der Waals surface area contributed by atoms with Gasteiger partial charge in [0.2, 0.25) is 21.9 Å². The summed E-state index contributed by atoms with van der Waals surface area (Å²) >= 11 is 1.81. The minimum atomic E-state index is 0.221. The molecule has 0 fully saturated rings. The van der Waals surface area contributed by atoms with E-state index in [1.54, 1.807) is 0 Å². The van der Waals surface area contributed by atoms with Gasteiger partial charge in [0.25, 0.3) is 0 Å². The summed E-state index contributed by atoms with van der Waals surface area (Å²) < 4.78 is 13.5. The standard InChI is InChI=1S/C25H14N7OS/c1-13-12-16-15-5-3-7-20-30(15)32(31(16)27-13)24-17(33-20)8-9-19-23(24)29-22-14(4-2-6-18(22)34-19)21-25(29)28(32)11-10-26-21/h2-12H,1H3/q+3. The third kappa shape index (κ3) is 1.41. The van der Waals surface area contributed by atoms with Crippen LogP contribution in [-0.2, 0) is 0 Å². The van der Waals surface area contributed by atoms with Crippen LogP contribution in [-0.4, -0.2) is 19.4 Å². The van der Waals surface area contributed by atoms with Crippen molar-refractivity contribution in [2.24, 2.45) is 0 Å². The van der Waals surface area contributed by atoms with E-state index >= 15 is 0 Å². The number of quaternary nitrogens is 1. The molecule has 0 radical (unpaired) electrons. The van der Waals surface area contributed by atoms with Gasteiger partial charge in [-0.25, -0.2) is 4.98 Å². The maximum Gasteiger partial charge on any atom is 0.438 e. The average Bonchev–Trinajstić information content (AvgIpc) is 3.49. The molecule has 0 saturated carbocycles. The van der Waals surface area contributed by atoms with Crippen LogP contribution in [0.2, 0.25) is 0 Å². The number of ether oxygens (including phenoxy) is 1. The zero-order chi connectivity index (χ0) is 21.9. The van der Waals surface area contributed by atoms with Crippen molar-refractivity contribution >= 4 is 39.5 Å². The van der Waals surface area contributed by atoms with Crippen LogP contribution in [0.3, 0.4) is 0 Å². The van der Waals surface area contributed by atoms with Crippen LogP contribution in [0.4, 0.5) is 5.69 Å². The van der Waals surface area contributed by atoms with Gasteiger partial charge in [0, 0.05) is 15.5 Å². The van der Waals surface area contributed by atoms with E-state index in [2.05, 4.69) is 80.4 Å². The molecule has 0 bridgehead atoms. The third-order valence-corrected chi connectivity index (χ3v) is 8.51. The van der Waals surface area contributed by atoms with Gasteiger partial charge in [-0.05, 0) is 43.3 Å². The summed E-state index contributed by atoms with van der Waals surface area (Å²) in [5, 5.41) is 6.22. The smallest absolute Gasteiger partial charge is 0.394 e.